The molecule has 0 bridgehead atoms. The first-order valence-electron chi connectivity index (χ1n) is 4.75. The van der Waals surface area contributed by atoms with E-state index in [1.807, 2.05) is 0 Å². The van der Waals surface area contributed by atoms with Crippen molar-refractivity contribution < 1.29 is 13.2 Å². The van der Waals surface area contributed by atoms with Gasteiger partial charge in [0.2, 0.25) is 0 Å². The van der Waals surface area contributed by atoms with Crippen LogP contribution in [0.5, 0.6) is 0 Å². The zero-order valence-corrected chi connectivity index (χ0v) is 8.63. The number of rotatable bonds is 3. The minimum atomic E-state index is -0.658. The average molecular weight is 224 g/mol. The molecule has 1 aromatic carbocycles. The summed E-state index contributed by atoms with van der Waals surface area (Å²) in [4.78, 5) is 3.90. The van der Waals surface area contributed by atoms with E-state index in [1.54, 1.807) is 7.05 Å². The molecule has 5 heteroatoms. The number of hydrogen-bond acceptors (Lipinski definition) is 3. The molecule has 1 aromatic heterocycles. The molecule has 16 heavy (non-hydrogen) atoms. The highest BCUT2D eigenvalue weighted by atomic mass is 19.1. The molecule has 0 atom stereocenters. The van der Waals surface area contributed by atoms with Crippen molar-refractivity contribution in [3.05, 3.63) is 41.9 Å². The summed E-state index contributed by atoms with van der Waals surface area (Å²) in [5.74, 6) is -1.19. The van der Waals surface area contributed by atoms with Gasteiger partial charge in [-0.25, -0.2) is 13.8 Å². The third-order valence-corrected chi connectivity index (χ3v) is 2.18. The molecule has 0 saturated carbocycles. The van der Waals surface area contributed by atoms with Crippen molar-refractivity contribution in [2.24, 2.45) is 0 Å². The van der Waals surface area contributed by atoms with Gasteiger partial charge in [0.25, 0.3) is 0 Å². The second-order valence-electron chi connectivity index (χ2n) is 3.26. The van der Waals surface area contributed by atoms with Gasteiger partial charge in [-0.15, -0.1) is 0 Å². The molecule has 0 unspecified atom stereocenters. The second kappa shape index (κ2) is 4.40. The predicted octanol–water partition coefficient (Wildman–Crippen LogP) is 2.34. The van der Waals surface area contributed by atoms with Gasteiger partial charge in [-0.1, -0.05) is 6.07 Å². The van der Waals surface area contributed by atoms with E-state index in [1.165, 1.54) is 24.6 Å². The Morgan fingerprint density at radius 1 is 1.31 bits per heavy atom. The highest BCUT2D eigenvalue weighted by Gasteiger charge is 2.18. The summed E-state index contributed by atoms with van der Waals surface area (Å²) in [5.41, 5.74) is 0.303. The first-order chi connectivity index (χ1) is 7.74. The largest absolute Gasteiger partial charge is 0.443 e. The molecule has 1 N–H and O–H groups in total. The Morgan fingerprint density at radius 3 is 2.62 bits per heavy atom. The fourth-order valence-corrected chi connectivity index (χ4v) is 1.48. The van der Waals surface area contributed by atoms with Gasteiger partial charge in [-0.3, -0.25) is 0 Å². The van der Waals surface area contributed by atoms with E-state index in [-0.39, 0.29) is 11.3 Å². The quantitative estimate of drug-likeness (QED) is 0.869. The van der Waals surface area contributed by atoms with Gasteiger partial charge in [0.15, 0.2) is 12.2 Å². The van der Waals surface area contributed by atoms with Crippen LogP contribution in [0.25, 0.3) is 11.3 Å². The first-order valence-corrected chi connectivity index (χ1v) is 4.75. The van der Waals surface area contributed by atoms with E-state index in [4.69, 9.17) is 4.42 Å². The number of benzene rings is 1. The molecule has 84 valence electrons. The van der Waals surface area contributed by atoms with Crippen LogP contribution >= 0.6 is 0 Å². The van der Waals surface area contributed by atoms with E-state index in [9.17, 15) is 8.78 Å². The van der Waals surface area contributed by atoms with Gasteiger partial charge >= 0.3 is 0 Å². The fourth-order valence-electron chi connectivity index (χ4n) is 1.48. The summed E-state index contributed by atoms with van der Waals surface area (Å²) in [6.07, 6.45) is 1.17. The van der Waals surface area contributed by atoms with Crippen molar-refractivity contribution in [2.75, 3.05) is 7.05 Å². The van der Waals surface area contributed by atoms with Crippen LogP contribution in [0, 0.1) is 11.6 Å². The number of nitrogens with one attached hydrogen (secondary N) is 1. The van der Waals surface area contributed by atoms with Gasteiger partial charge in [-0.05, 0) is 19.2 Å². The zero-order valence-electron chi connectivity index (χ0n) is 8.63. The Bertz CT molecular complexity index is 476. The van der Waals surface area contributed by atoms with Crippen molar-refractivity contribution in [2.45, 2.75) is 6.54 Å². The van der Waals surface area contributed by atoms with Gasteiger partial charge in [-0.2, -0.15) is 0 Å². The monoisotopic (exact) mass is 224 g/mol. The number of nitrogens with zero attached hydrogens (tertiary/aromatic N) is 1. The number of oxazole rings is 1. The molecule has 3 nitrogen and oxygen atoms in total. The molecule has 2 aromatic rings. The summed E-state index contributed by atoms with van der Waals surface area (Å²) in [6, 6.07) is 3.68. The maximum Gasteiger partial charge on any atom is 0.181 e. The van der Waals surface area contributed by atoms with Crippen molar-refractivity contribution in [1.82, 2.24) is 10.3 Å². The third kappa shape index (κ3) is 1.81. The lowest BCUT2D eigenvalue weighted by atomic mass is 10.1. The fraction of sp³-hybridized carbons (Fsp3) is 0.182. The lowest BCUT2D eigenvalue weighted by Crippen LogP contribution is -2.06. The Morgan fingerprint density at radius 2 is 2.00 bits per heavy atom. The molecular weight excluding hydrogens is 214 g/mol. The van der Waals surface area contributed by atoms with E-state index in [0.717, 1.165) is 0 Å². The SMILES string of the molecule is CNCc1ncoc1-c1c(F)cccc1F. The average Bonchev–Trinajstić information content (AvgIpc) is 2.67. The Kier molecular flexibility index (Phi) is 2.96. The summed E-state index contributed by atoms with van der Waals surface area (Å²) in [6.45, 7) is 0.388. The van der Waals surface area contributed by atoms with E-state index >= 15 is 0 Å². The number of hydrogen-bond donors (Lipinski definition) is 1. The van der Waals surface area contributed by atoms with Crippen LogP contribution < -0.4 is 5.32 Å². The molecule has 0 fully saturated rings. The maximum absolute atomic E-state index is 13.5. The van der Waals surface area contributed by atoms with Gasteiger partial charge in [0, 0.05) is 6.54 Å². The van der Waals surface area contributed by atoms with Gasteiger partial charge in [0.1, 0.15) is 17.3 Å². The predicted molar refractivity (Wildman–Crippen MR) is 54.6 cm³/mol. The molecule has 0 radical (unpaired) electrons. The second-order valence-corrected chi connectivity index (χ2v) is 3.26. The van der Waals surface area contributed by atoms with Crippen molar-refractivity contribution >= 4 is 0 Å². The smallest absolute Gasteiger partial charge is 0.181 e. The van der Waals surface area contributed by atoms with Crippen molar-refractivity contribution in [3.8, 4) is 11.3 Å². The lowest BCUT2D eigenvalue weighted by molar-refractivity contribution is 0.541. The molecule has 0 amide bonds. The standard InChI is InChI=1S/C11H10F2N2O/c1-14-5-9-11(16-6-15-9)10-7(12)3-2-4-8(10)13/h2-4,6,14H,5H2,1H3. The third-order valence-electron chi connectivity index (χ3n) is 2.18. The molecule has 0 saturated heterocycles. The van der Waals surface area contributed by atoms with Crippen LogP contribution in [0.2, 0.25) is 0 Å². The van der Waals surface area contributed by atoms with Crippen LogP contribution in [0.15, 0.2) is 29.0 Å². The highest BCUT2D eigenvalue weighted by molar-refractivity contribution is 5.61. The summed E-state index contributed by atoms with van der Waals surface area (Å²) >= 11 is 0. The molecule has 0 aliphatic carbocycles. The Labute approximate surface area is 91.1 Å². The molecule has 0 spiro atoms. The lowest BCUT2D eigenvalue weighted by Gasteiger charge is -2.03. The molecule has 2 rings (SSSR count). The topological polar surface area (TPSA) is 38.1 Å². The van der Waals surface area contributed by atoms with Crippen LogP contribution in [-0.2, 0) is 6.54 Å². The van der Waals surface area contributed by atoms with Crippen molar-refractivity contribution in [1.29, 1.82) is 0 Å². The first kappa shape index (κ1) is 10.8. The summed E-state index contributed by atoms with van der Waals surface area (Å²) < 4.78 is 32.0. The van der Waals surface area contributed by atoms with Gasteiger partial charge in [0.05, 0.1) is 5.56 Å². The van der Waals surface area contributed by atoms with Crippen LogP contribution in [0.4, 0.5) is 8.78 Å². The van der Waals surface area contributed by atoms with E-state index in [2.05, 4.69) is 10.3 Å². The number of halogens is 2. The molecule has 0 aliphatic heterocycles. The molecule has 0 aliphatic rings. The molecular formula is C11H10F2N2O. The molecule has 1 heterocycles. The van der Waals surface area contributed by atoms with Crippen LogP contribution in [-0.4, -0.2) is 12.0 Å². The number of aromatic nitrogens is 1. The van der Waals surface area contributed by atoms with E-state index in [0.29, 0.717) is 12.2 Å². The van der Waals surface area contributed by atoms with E-state index < -0.39 is 11.6 Å². The minimum Gasteiger partial charge on any atom is -0.443 e. The van der Waals surface area contributed by atoms with Crippen LogP contribution in [0.1, 0.15) is 5.69 Å². The Balaban J connectivity index is 2.54. The van der Waals surface area contributed by atoms with Gasteiger partial charge < -0.3 is 9.73 Å². The van der Waals surface area contributed by atoms with Crippen LogP contribution in [0.3, 0.4) is 0 Å². The highest BCUT2D eigenvalue weighted by Crippen LogP contribution is 2.28. The van der Waals surface area contributed by atoms with Crippen molar-refractivity contribution in [3.63, 3.8) is 0 Å². The Hall–Kier alpha value is -1.75. The summed E-state index contributed by atoms with van der Waals surface area (Å²) in [5, 5.41) is 2.85. The maximum atomic E-state index is 13.5. The zero-order chi connectivity index (χ0) is 11.5. The normalized spacial score (nSPS) is 10.7. The minimum absolute atomic E-state index is 0.130. The summed E-state index contributed by atoms with van der Waals surface area (Å²) in [7, 11) is 1.72.